The van der Waals surface area contributed by atoms with Crippen LogP contribution in [0.5, 0.6) is 0 Å². The van der Waals surface area contributed by atoms with Gasteiger partial charge in [-0.1, -0.05) is 15.9 Å². The van der Waals surface area contributed by atoms with Gasteiger partial charge >= 0.3 is 0 Å². The third kappa shape index (κ3) is 1.89. The van der Waals surface area contributed by atoms with Crippen molar-refractivity contribution in [1.29, 1.82) is 0 Å². The molecule has 3 rings (SSSR count). The summed E-state index contributed by atoms with van der Waals surface area (Å²) in [7, 11) is 0. The van der Waals surface area contributed by atoms with Gasteiger partial charge in [0, 0.05) is 16.5 Å². The monoisotopic (exact) mass is 294 g/mol. The molecule has 1 aromatic carbocycles. The number of hydrogen-bond donors (Lipinski definition) is 0. The van der Waals surface area contributed by atoms with E-state index < -0.39 is 0 Å². The molecule has 0 amide bonds. The van der Waals surface area contributed by atoms with Crippen molar-refractivity contribution in [2.75, 3.05) is 6.61 Å². The smallest absolute Gasteiger partial charge is 0.150 e. The molecule has 3 nitrogen and oxygen atoms in total. The molecular formula is C13H15BrN2O. The van der Waals surface area contributed by atoms with Crippen LogP contribution in [0.4, 0.5) is 0 Å². The molecule has 0 radical (unpaired) electrons. The minimum Gasteiger partial charge on any atom is -0.356 e. The molecule has 2 aromatic rings. The first-order valence-electron chi connectivity index (χ1n) is 6.01. The molecular weight excluding hydrogens is 280 g/mol. The molecule has 17 heavy (non-hydrogen) atoms. The van der Waals surface area contributed by atoms with Gasteiger partial charge in [0.25, 0.3) is 0 Å². The summed E-state index contributed by atoms with van der Waals surface area (Å²) in [5.41, 5.74) is 2.40. The van der Waals surface area contributed by atoms with Crippen LogP contribution in [-0.4, -0.2) is 16.4 Å². The van der Waals surface area contributed by atoms with Gasteiger partial charge in [-0.05, 0) is 43.9 Å². The zero-order valence-electron chi connectivity index (χ0n) is 9.82. The van der Waals surface area contributed by atoms with Crippen LogP contribution in [0.25, 0.3) is 10.9 Å². The normalized spacial score (nSPS) is 20.9. The lowest BCUT2D eigenvalue weighted by atomic mass is 10.1. The van der Waals surface area contributed by atoms with Crippen molar-refractivity contribution in [1.82, 2.24) is 9.78 Å². The number of ether oxygens (including phenoxy) is 1. The van der Waals surface area contributed by atoms with E-state index in [0.717, 1.165) is 23.0 Å². The molecule has 0 N–H and O–H groups in total. The molecule has 90 valence electrons. The van der Waals surface area contributed by atoms with E-state index in [-0.39, 0.29) is 6.23 Å². The van der Waals surface area contributed by atoms with Crippen LogP contribution >= 0.6 is 15.9 Å². The van der Waals surface area contributed by atoms with Crippen LogP contribution in [0.3, 0.4) is 0 Å². The van der Waals surface area contributed by atoms with Crippen LogP contribution in [-0.2, 0) is 4.74 Å². The summed E-state index contributed by atoms with van der Waals surface area (Å²) >= 11 is 3.55. The lowest BCUT2D eigenvalue weighted by Crippen LogP contribution is -2.18. The molecule has 1 saturated heterocycles. The van der Waals surface area contributed by atoms with E-state index in [1.807, 2.05) is 10.9 Å². The van der Waals surface area contributed by atoms with E-state index in [1.54, 1.807) is 0 Å². The van der Waals surface area contributed by atoms with Crippen molar-refractivity contribution in [3.8, 4) is 0 Å². The Labute approximate surface area is 109 Å². The van der Waals surface area contributed by atoms with Crippen LogP contribution in [0.15, 0.2) is 22.8 Å². The number of rotatable bonds is 1. The molecule has 0 spiro atoms. The standard InChI is InChI=1S/C13H15BrN2O/c1-9-10-8-15-16(12(10)6-5-11(9)14)13-4-2-3-7-17-13/h5-6,8,13H,2-4,7H2,1H3/t13-/m1/s1. The van der Waals surface area contributed by atoms with E-state index in [1.165, 1.54) is 23.8 Å². The zero-order valence-corrected chi connectivity index (χ0v) is 11.4. The predicted molar refractivity (Wildman–Crippen MR) is 71.0 cm³/mol. The number of aryl methyl sites for hydroxylation is 1. The average molecular weight is 295 g/mol. The molecule has 0 aliphatic carbocycles. The lowest BCUT2D eigenvalue weighted by molar-refractivity contribution is -0.0366. The van der Waals surface area contributed by atoms with Crippen molar-refractivity contribution in [2.45, 2.75) is 32.4 Å². The highest BCUT2D eigenvalue weighted by Crippen LogP contribution is 2.30. The Hall–Kier alpha value is -0.870. The first-order chi connectivity index (χ1) is 8.27. The minimum absolute atomic E-state index is 0.113. The number of fused-ring (bicyclic) bond motifs is 1. The third-order valence-corrected chi connectivity index (χ3v) is 4.27. The van der Waals surface area contributed by atoms with Gasteiger partial charge in [0.05, 0.1) is 11.7 Å². The highest BCUT2D eigenvalue weighted by Gasteiger charge is 2.19. The molecule has 1 aliphatic heterocycles. The van der Waals surface area contributed by atoms with Gasteiger partial charge in [0.15, 0.2) is 6.23 Å². The van der Waals surface area contributed by atoms with Gasteiger partial charge in [0.1, 0.15) is 0 Å². The first-order valence-corrected chi connectivity index (χ1v) is 6.80. The van der Waals surface area contributed by atoms with Crippen molar-refractivity contribution < 1.29 is 4.74 Å². The Kier molecular flexibility index (Phi) is 2.92. The Morgan fingerprint density at radius 1 is 1.41 bits per heavy atom. The highest BCUT2D eigenvalue weighted by atomic mass is 79.9. The second-order valence-electron chi connectivity index (χ2n) is 4.52. The summed E-state index contributed by atoms with van der Waals surface area (Å²) in [6.07, 6.45) is 5.50. The SMILES string of the molecule is Cc1c(Br)ccc2c1cnn2[C@H]1CCCCO1. The highest BCUT2D eigenvalue weighted by molar-refractivity contribution is 9.10. The van der Waals surface area contributed by atoms with Crippen molar-refractivity contribution in [3.05, 3.63) is 28.4 Å². The van der Waals surface area contributed by atoms with Crippen molar-refractivity contribution >= 4 is 26.8 Å². The Balaban J connectivity index is 2.08. The van der Waals surface area contributed by atoms with E-state index in [2.05, 4.69) is 40.1 Å². The molecule has 1 atom stereocenters. The summed E-state index contributed by atoms with van der Waals surface area (Å²) in [5, 5.41) is 5.69. The second-order valence-corrected chi connectivity index (χ2v) is 5.37. The second kappa shape index (κ2) is 4.42. The fourth-order valence-electron chi connectivity index (χ4n) is 2.38. The quantitative estimate of drug-likeness (QED) is 0.800. The lowest BCUT2D eigenvalue weighted by Gasteiger charge is -2.23. The zero-order chi connectivity index (χ0) is 11.8. The number of benzene rings is 1. The average Bonchev–Trinajstić information content (AvgIpc) is 2.79. The summed E-state index contributed by atoms with van der Waals surface area (Å²) < 4.78 is 8.94. The molecule has 1 aromatic heterocycles. The fourth-order valence-corrected chi connectivity index (χ4v) is 2.72. The van der Waals surface area contributed by atoms with Gasteiger partial charge in [0.2, 0.25) is 0 Å². The Bertz CT molecular complexity index is 544. The molecule has 1 aliphatic rings. The molecule has 0 unspecified atom stereocenters. The molecule has 1 fully saturated rings. The van der Waals surface area contributed by atoms with Crippen LogP contribution in [0.1, 0.15) is 31.1 Å². The van der Waals surface area contributed by atoms with Gasteiger partial charge in [-0.2, -0.15) is 5.10 Å². The molecule has 0 saturated carbocycles. The van der Waals surface area contributed by atoms with Crippen LogP contribution in [0.2, 0.25) is 0 Å². The number of halogens is 1. The number of aromatic nitrogens is 2. The maximum atomic E-state index is 5.79. The van der Waals surface area contributed by atoms with E-state index in [4.69, 9.17) is 4.74 Å². The van der Waals surface area contributed by atoms with E-state index in [0.29, 0.717) is 0 Å². The maximum Gasteiger partial charge on any atom is 0.150 e. The van der Waals surface area contributed by atoms with Crippen molar-refractivity contribution in [3.63, 3.8) is 0 Å². The maximum absolute atomic E-state index is 5.79. The van der Waals surface area contributed by atoms with E-state index >= 15 is 0 Å². The number of nitrogens with zero attached hydrogens (tertiary/aromatic N) is 2. The van der Waals surface area contributed by atoms with Crippen LogP contribution in [0, 0.1) is 6.92 Å². The first kappa shape index (κ1) is 11.2. The third-order valence-electron chi connectivity index (χ3n) is 3.41. The van der Waals surface area contributed by atoms with Crippen LogP contribution < -0.4 is 0 Å². The topological polar surface area (TPSA) is 27.1 Å². The van der Waals surface area contributed by atoms with Crippen molar-refractivity contribution in [2.24, 2.45) is 0 Å². The molecule has 0 bridgehead atoms. The summed E-state index contributed by atoms with van der Waals surface area (Å²) in [4.78, 5) is 0. The van der Waals surface area contributed by atoms with Gasteiger partial charge in [-0.15, -0.1) is 0 Å². The molecule has 4 heteroatoms. The van der Waals surface area contributed by atoms with Gasteiger partial charge < -0.3 is 4.74 Å². The summed E-state index contributed by atoms with van der Waals surface area (Å²) in [6.45, 7) is 2.96. The number of hydrogen-bond acceptors (Lipinski definition) is 2. The Morgan fingerprint density at radius 2 is 2.29 bits per heavy atom. The Morgan fingerprint density at radius 3 is 3.06 bits per heavy atom. The van der Waals surface area contributed by atoms with Gasteiger partial charge in [-0.3, -0.25) is 0 Å². The minimum atomic E-state index is 0.113. The largest absolute Gasteiger partial charge is 0.356 e. The van der Waals surface area contributed by atoms with E-state index in [9.17, 15) is 0 Å². The summed E-state index contributed by atoms with van der Waals surface area (Å²) in [6, 6.07) is 4.19. The van der Waals surface area contributed by atoms with Gasteiger partial charge in [-0.25, -0.2) is 4.68 Å². The fraction of sp³-hybridized carbons (Fsp3) is 0.462. The predicted octanol–water partition coefficient (Wildman–Crippen LogP) is 3.81. The molecule has 2 heterocycles. The summed E-state index contributed by atoms with van der Waals surface area (Å²) in [5.74, 6) is 0.